The van der Waals surface area contributed by atoms with Gasteiger partial charge in [0, 0.05) is 0 Å². The summed E-state index contributed by atoms with van der Waals surface area (Å²) in [7, 11) is -5.10. The molecule has 0 saturated carbocycles. The molecule has 0 aromatic heterocycles. The summed E-state index contributed by atoms with van der Waals surface area (Å²) >= 11 is 0. The zero-order valence-electron chi connectivity index (χ0n) is 35.5. The van der Waals surface area contributed by atoms with E-state index in [2.05, 4.69) is 35.5 Å². The summed E-state index contributed by atoms with van der Waals surface area (Å²) in [6.45, 7) is 3.21. The second kappa shape index (κ2) is 34.5. The van der Waals surface area contributed by atoms with E-state index in [9.17, 15) is 38.7 Å². The summed E-state index contributed by atoms with van der Waals surface area (Å²) in [6.07, 6.45) is 24.5. The lowest BCUT2D eigenvalue weighted by molar-refractivity contribution is -0.298. The fourth-order valence-electron chi connectivity index (χ4n) is 7.28. The highest BCUT2D eigenvalue weighted by atomic mass is 32.3. The van der Waals surface area contributed by atoms with Crippen LogP contribution in [0.1, 0.15) is 194 Å². The van der Waals surface area contributed by atoms with Gasteiger partial charge in [0.1, 0.15) is 30.5 Å². The van der Waals surface area contributed by atoms with Gasteiger partial charge in [-0.1, -0.05) is 167 Å². The minimum atomic E-state index is -5.10. The number of rotatable bonds is 38. The lowest BCUT2D eigenvalue weighted by Gasteiger charge is -2.41. The molecule has 1 aliphatic rings. The number of carbonyl (C=O) groups excluding carboxylic acids is 1. The normalized spacial score (nSPS) is 21.9. The summed E-state index contributed by atoms with van der Waals surface area (Å²) in [5.41, 5.74) is 0. The fraction of sp³-hybridized carbons (Fsp3) is 0.930. The van der Waals surface area contributed by atoms with Crippen LogP contribution in [0, 0.1) is 0 Å². The standard InChI is InChI=1S/C43H83NO12S/c1-3-5-7-9-11-12-13-14-15-16-17-18-19-20-21-22-23-24-26-28-30-32-37(47)42(50)44-35(36(46)31-29-27-25-10-8-6-4-2)34-54-43-40(49)41(56-57(51,52)53)39(48)38(33-45)55-43/h19-20,35-41,43,45-49H,3-18,21-34H2,1-2H3,(H,44,50)(H,51,52,53)/b20-19-. The van der Waals surface area contributed by atoms with Crippen molar-refractivity contribution in [1.29, 1.82) is 0 Å². The van der Waals surface area contributed by atoms with E-state index < -0.39 is 78.5 Å². The summed E-state index contributed by atoms with van der Waals surface area (Å²) < 4.78 is 47.3. The van der Waals surface area contributed by atoms with Crippen LogP contribution in [0.3, 0.4) is 0 Å². The third-order valence-corrected chi connectivity index (χ3v) is 11.4. The van der Waals surface area contributed by atoms with Gasteiger partial charge in [0.25, 0.3) is 0 Å². The molecule has 1 aliphatic heterocycles. The van der Waals surface area contributed by atoms with Crippen LogP contribution in [0.25, 0.3) is 0 Å². The molecule has 0 spiro atoms. The molecule has 338 valence electrons. The molecule has 1 saturated heterocycles. The van der Waals surface area contributed by atoms with Crippen molar-refractivity contribution in [1.82, 2.24) is 5.32 Å². The summed E-state index contributed by atoms with van der Waals surface area (Å²) in [5.74, 6) is -0.677. The average Bonchev–Trinajstić information content (AvgIpc) is 3.18. The molecule has 1 fully saturated rings. The van der Waals surface area contributed by atoms with E-state index in [0.717, 1.165) is 70.6 Å². The van der Waals surface area contributed by atoms with Gasteiger partial charge in [-0.15, -0.1) is 0 Å². The highest BCUT2D eigenvalue weighted by Crippen LogP contribution is 2.26. The Morgan fingerprint density at radius 1 is 0.684 bits per heavy atom. The predicted octanol–water partition coefficient (Wildman–Crippen LogP) is 7.36. The second-order valence-electron chi connectivity index (χ2n) is 16.1. The van der Waals surface area contributed by atoms with Crippen molar-refractivity contribution in [2.45, 2.75) is 243 Å². The second-order valence-corrected chi connectivity index (χ2v) is 17.2. The molecule has 57 heavy (non-hydrogen) atoms. The molecule has 0 radical (unpaired) electrons. The first kappa shape index (κ1) is 53.8. The van der Waals surface area contributed by atoms with Gasteiger partial charge in [0.05, 0.1) is 25.4 Å². The van der Waals surface area contributed by atoms with Gasteiger partial charge in [-0.2, -0.15) is 8.42 Å². The quantitative estimate of drug-likeness (QED) is 0.0185. The number of ether oxygens (including phenoxy) is 2. The van der Waals surface area contributed by atoms with Gasteiger partial charge in [0.2, 0.25) is 5.91 Å². The van der Waals surface area contributed by atoms with Crippen molar-refractivity contribution in [2.75, 3.05) is 13.2 Å². The third kappa shape index (κ3) is 27.3. The van der Waals surface area contributed by atoms with Crippen LogP contribution in [0.15, 0.2) is 12.2 Å². The minimum absolute atomic E-state index is 0.254. The van der Waals surface area contributed by atoms with Gasteiger partial charge >= 0.3 is 10.4 Å². The molecule has 1 heterocycles. The zero-order valence-corrected chi connectivity index (χ0v) is 36.3. The SMILES string of the molecule is CCCCCCCCCCCCC/C=C\CCCCCCCCC(O)C(=O)NC(COC1OC(CO)C(O)C(OS(=O)(=O)O)C1O)C(O)CCCCCCCCC. The van der Waals surface area contributed by atoms with Crippen LogP contribution in [0.5, 0.6) is 0 Å². The Hall–Kier alpha value is -1.20. The molecule has 0 aromatic carbocycles. The lowest BCUT2D eigenvalue weighted by atomic mass is 9.99. The van der Waals surface area contributed by atoms with Crippen LogP contribution in [0.4, 0.5) is 0 Å². The van der Waals surface area contributed by atoms with Crippen molar-refractivity contribution in [2.24, 2.45) is 0 Å². The van der Waals surface area contributed by atoms with E-state index in [1.165, 1.54) is 83.5 Å². The molecule has 14 heteroatoms. The van der Waals surface area contributed by atoms with Crippen molar-refractivity contribution in [3.8, 4) is 0 Å². The monoisotopic (exact) mass is 838 g/mol. The van der Waals surface area contributed by atoms with E-state index in [4.69, 9.17) is 14.0 Å². The van der Waals surface area contributed by atoms with E-state index >= 15 is 0 Å². The van der Waals surface area contributed by atoms with Crippen LogP contribution in [-0.4, -0.2) is 107 Å². The number of hydrogen-bond donors (Lipinski definition) is 7. The molecule has 0 aromatic rings. The maximum atomic E-state index is 13.0. The van der Waals surface area contributed by atoms with Gasteiger partial charge in [-0.25, -0.2) is 4.18 Å². The third-order valence-electron chi connectivity index (χ3n) is 10.9. The molecular weight excluding hydrogens is 755 g/mol. The number of aliphatic hydroxyl groups excluding tert-OH is 5. The summed E-state index contributed by atoms with van der Waals surface area (Å²) in [6, 6.07) is -1.03. The lowest BCUT2D eigenvalue weighted by Crippen LogP contribution is -2.61. The first-order chi connectivity index (χ1) is 27.4. The largest absolute Gasteiger partial charge is 0.397 e. The number of carbonyl (C=O) groups is 1. The van der Waals surface area contributed by atoms with Crippen molar-refractivity contribution < 1.29 is 57.0 Å². The minimum Gasteiger partial charge on any atom is -0.394 e. The number of allylic oxidation sites excluding steroid dienone is 2. The molecule has 8 atom stereocenters. The van der Waals surface area contributed by atoms with E-state index in [1.807, 2.05) is 0 Å². The zero-order chi connectivity index (χ0) is 42.2. The molecule has 0 aliphatic carbocycles. The Morgan fingerprint density at radius 3 is 1.58 bits per heavy atom. The Kier molecular flexibility index (Phi) is 32.6. The van der Waals surface area contributed by atoms with Crippen molar-refractivity contribution >= 4 is 16.3 Å². The molecule has 0 bridgehead atoms. The van der Waals surface area contributed by atoms with Crippen LogP contribution in [-0.2, 0) is 28.9 Å². The Morgan fingerprint density at radius 2 is 1.12 bits per heavy atom. The van der Waals surface area contributed by atoms with E-state index in [-0.39, 0.29) is 6.42 Å². The fourth-order valence-corrected chi connectivity index (χ4v) is 7.79. The Bertz CT molecular complexity index is 1100. The summed E-state index contributed by atoms with van der Waals surface area (Å²) in [5, 5.41) is 55.0. The first-order valence-corrected chi connectivity index (χ1v) is 24.0. The molecule has 7 N–H and O–H groups in total. The van der Waals surface area contributed by atoms with Gasteiger partial charge in [0.15, 0.2) is 6.29 Å². The predicted molar refractivity (Wildman–Crippen MR) is 224 cm³/mol. The van der Waals surface area contributed by atoms with Crippen LogP contribution >= 0.6 is 0 Å². The van der Waals surface area contributed by atoms with Crippen LogP contribution in [0.2, 0.25) is 0 Å². The molecule has 1 rings (SSSR count). The molecular formula is C43H83NO12S. The summed E-state index contributed by atoms with van der Waals surface area (Å²) in [4.78, 5) is 13.0. The van der Waals surface area contributed by atoms with Gasteiger partial charge in [-0.3, -0.25) is 9.35 Å². The smallest absolute Gasteiger partial charge is 0.394 e. The molecule has 13 nitrogen and oxygen atoms in total. The number of nitrogens with one attached hydrogen (secondary N) is 1. The molecule has 8 unspecified atom stereocenters. The van der Waals surface area contributed by atoms with Crippen molar-refractivity contribution in [3.63, 3.8) is 0 Å². The van der Waals surface area contributed by atoms with E-state index in [1.54, 1.807) is 0 Å². The highest BCUT2D eigenvalue weighted by Gasteiger charge is 2.48. The molecule has 1 amide bonds. The Balaban J connectivity index is 2.43. The maximum absolute atomic E-state index is 13.0. The van der Waals surface area contributed by atoms with E-state index in [0.29, 0.717) is 19.3 Å². The topological polar surface area (TPSA) is 212 Å². The number of amides is 1. The number of unbranched alkanes of at least 4 members (excludes halogenated alkanes) is 23. The number of aliphatic hydroxyl groups is 5. The first-order valence-electron chi connectivity index (χ1n) is 22.7. The van der Waals surface area contributed by atoms with Gasteiger partial charge in [-0.05, 0) is 38.5 Å². The highest BCUT2D eigenvalue weighted by molar-refractivity contribution is 7.80. The maximum Gasteiger partial charge on any atom is 0.397 e. The number of hydrogen-bond acceptors (Lipinski definition) is 11. The van der Waals surface area contributed by atoms with Crippen LogP contribution < -0.4 is 5.32 Å². The Labute approximate surface area is 345 Å². The average molecular weight is 838 g/mol. The van der Waals surface area contributed by atoms with Crippen molar-refractivity contribution in [3.05, 3.63) is 12.2 Å². The van der Waals surface area contributed by atoms with Gasteiger partial charge < -0.3 is 40.3 Å².